The van der Waals surface area contributed by atoms with Crippen LogP contribution in [0.5, 0.6) is 0 Å². The van der Waals surface area contributed by atoms with Crippen LogP contribution in [0.2, 0.25) is 5.02 Å². The molecule has 0 atom stereocenters. The van der Waals surface area contributed by atoms with Gasteiger partial charge < -0.3 is 10.6 Å². The minimum Gasteiger partial charge on any atom is -0.349 e. The summed E-state index contributed by atoms with van der Waals surface area (Å²) in [6, 6.07) is 13.1. The third-order valence-electron chi connectivity index (χ3n) is 5.07. The van der Waals surface area contributed by atoms with Crippen LogP contribution in [0.1, 0.15) is 48.0 Å². The number of rotatable bonds is 3. The summed E-state index contributed by atoms with van der Waals surface area (Å²) in [7, 11) is 0. The molecule has 4 rings (SSSR count). The molecular weight excluding hydrogens is 392 g/mol. The monoisotopic (exact) mass is 412 g/mol. The second-order valence-corrected chi connectivity index (χ2v) is 8.60. The quantitative estimate of drug-likeness (QED) is 0.655. The number of amides is 2. The van der Waals surface area contributed by atoms with Crippen molar-refractivity contribution >= 4 is 46.9 Å². The number of thioether (sulfide) groups is 1. The Balaban J connectivity index is 1.52. The van der Waals surface area contributed by atoms with Crippen LogP contribution < -0.4 is 10.6 Å². The van der Waals surface area contributed by atoms with E-state index in [4.69, 9.17) is 11.6 Å². The van der Waals surface area contributed by atoms with E-state index in [2.05, 4.69) is 10.6 Å². The van der Waals surface area contributed by atoms with Gasteiger partial charge in [0.15, 0.2) is 0 Å². The maximum Gasteiger partial charge on any atom is 0.262 e. The summed E-state index contributed by atoms with van der Waals surface area (Å²) in [5, 5.41) is 6.61. The Hall–Kier alpha value is -2.24. The van der Waals surface area contributed by atoms with Gasteiger partial charge in [-0.25, -0.2) is 0 Å². The largest absolute Gasteiger partial charge is 0.349 e. The summed E-state index contributed by atoms with van der Waals surface area (Å²) in [5.41, 5.74) is 2.04. The lowest BCUT2D eigenvalue weighted by molar-refractivity contribution is -0.112. The van der Waals surface area contributed by atoms with Gasteiger partial charge >= 0.3 is 0 Å². The van der Waals surface area contributed by atoms with Crippen molar-refractivity contribution in [3.8, 4) is 0 Å². The molecule has 0 aromatic heterocycles. The van der Waals surface area contributed by atoms with E-state index in [9.17, 15) is 9.59 Å². The van der Waals surface area contributed by atoms with Gasteiger partial charge in [-0.3, -0.25) is 9.59 Å². The first-order valence-electron chi connectivity index (χ1n) is 9.50. The fraction of sp³-hybridized carbons (Fsp3) is 0.273. The molecule has 1 saturated carbocycles. The Bertz CT molecular complexity index is 951. The van der Waals surface area contributed by atoms with E-state index in [1.807, 2.05) is 30.3 Å². The summed E-state index contributed by atoms with van der Waals surface area (Å²) in [6.07, 6.45) is 7.46. The van der Waals surface area contributed by atoms with Gasteiger partial charge in [-0.1, -0.05) is 60.8 Å². The molecule has 144 valence electrons. The van der Waals surface area contributed by atoms with E-state index < -0.39 is 0 Å². The Morgan fingerprint density at radius 3 is 2.71 bits per heavy atom. The molecular formula is C22H21ClN2O2S. The van der Waals surface area contributed by atoms with Gasteiger partial charge in [-0.05, 0) is 48.7 Å². The molecule has 1 heterocycles. The number of halogens is 1. The minimum absolute atomic E-state index is 0.0774. The van der Waals surface area contributed by atoms with Gasteiger partial charge in [0, 0.05) is 21.5 Å². The summed E-state index contributed by atoms with van der Waals surface area (Å²) in [5.74, 6) is -0.270. The minimum atomic E-state index is -0.192. The lowest BCUT2D eigenvalue weighted by atomic mass is 9.95. The van der Waals surface area contributed by atoms with E-state index in [0.717, 1.165) is 23.3 Å². The molecule has 6 heteroatoms. The summed E-state index contributed by atoms with van der Waals surface area (Å²) in [6.45, 7) is 0. The Kier molecular flexibility index (Phi) is 5.74. The van der Waals surface area contributed by atoms with Crippen molar-refractivity contribution < 1.29 is 9.59 Å². The van der Waals surface area contributed by atoms with Gasteiger partial charge in [-0.2, -0.15) is 0 Å². The average Bonchev–Trinajstić information content (AvgIpc) is 2.70. The second kappa shape index (κ2) is 8.41. The molecule has 2 amide bonds. The molecule has 0 unspecified atom stereocenters. The number of nitrogens with one attached hydrogen (secondary N) is 2. The van der Waals surface area contributed by atoms with Gasteiger partial charge in [0.2, 0.25) is 0 Å². The van der Waals surface area contributed by atoms with Crippen molar-refractivity contribution in [3.05, 3.63) is 63.5 Å². The van der Waals surface area contributed by atoms with Crippen molar-refractivity contribution in [1.29, 1.82) is 0 Å². The smallest absolute Gasteiger partial charge is 0.262 e. The normalized spacial score (nSPS) is 18.5. The molecule has 2 N–H and O–H groups in total. The molecule has 2 aromatic rings. The lowest BCUT2D eigenvalue weighted by Crippen LogP contribution is -2.36. The SMILES string of the molecule is O=C1Nc2cc(C(=O)NC3CCCCC3)ccc2S/C1=C/c1ccccc1Cl. The summed E-state index contributed by atoms with van der Waals surface area (Å²) >= 11 is 7.58. The average molecular weight is 413 g/mol. The van der Waals surface area contributed by atoms with Crippen LogP contribution in [0, 0.1) is 0 Å². The molecule has 0 radical (unpaired) electrons. The highest BCUT2D eigenvalue weighted by Gasteiger charge is 2.23. The summed E-state index contributed by atoms with van der Waals surface area (Å²) in [4.78, 5) is 26.6. The van der Waals surface area contributed by atoms with Crippen molar-refractivity contribution in [2.45, 2.75) is 43.0 Å². The molecule has 28 heavy (non-hydrogen) atoms. The molecule has 1 fully saturated rings. The number of benzene rings is 2. The topological polar surface area (TPSA) is 58.2 Å². The van der Waals surface area contributed by atoms with Crippen LogP contribution in [0.15, 0.2) is 52.3 Å². The fourth-order valence-corrected chi connectivity index (χ4v) is 4.66. The Morgan fingerprint density at radius 2 is 1.93 bits per heavy atom. The fourth-order valence-electron chi connectivity index (χ4n) is 3.55. The maximum absolute atomic E-state index is 12.6. The highest BCUT2D eigenvalue weighted by Crippen LogP contribution is 2.39. The first kappa shape index (κ1) is 19.1. The van der Waals surface area contributed by atoms with E-state index in [0.29, 0.717) is 21.2 Å². The van der Waals surface area contributed by atoms with Crippen LogP contribution in [0.4, 0.5) is 5.69 Å². The lowest BCUT2D eigenvalue weighted by Gasteiger charge is -2.23. The zero-order chi connectivity index (χ0) is 19.5. The first-order valence-corrected chi connectivity index (χ1v) is 10.7. The van der Waals surface area contributed by atoms with Crippen molar-refractivity contribution in [2.75, 3.05) is 5.32 Å². The van der Waals surface area contributed by atoms with E-state index in [1.54, 1.807) is 18.2 Å². The van der Waals surface area contributed by atoms with E-state index in [1.165, 1.54) is 31.0 Å². The van der Waals surface area contributed by atoms with Crippen LogP contribution in [0.3, 0.4) is 0 Å². The van der Waals surface area contributed by atoms with Gasteiger partial charge in [0.05, 0.1) is 10.6 Å². The van der Waals surface area contributed by atoms with Crippen LogP contribution in [-0.4, -0.2) is 17.9 Å². The Morgan fingerprint density at radius 1 is 1.14 bits per heavy atom. The summed E-state index contributed by atoms with van der Waals surface area (Å²) < 4.78 is 0. The van der Waals surface area contributed by atoms with E-state index in [-0.39, 0.29) is 17.9 Å². The maximum atomic E-state index is 12.6. The number of fused-ring (bicyclic) bond motifs is 1. The molecule has 4 nitrogen and oxygen atoms in total. The van der Waals surface area contributed by atoms with Gasteiger partial charge in [0.1, 0.15) is 0 Å². The predicted molar refractivity (Wildman–Crippen MR) is 115 cm³/mol. The Labute approximate surface area is 173 Å². The standard InChI is InChI=1S/C22H21ClN2O2S/c23-17-9-5-4-6-14(17)13-20-22(27)25-18-12-15(10-11-19(18)28-20)21(26)24-16-7-2-1-3-8-16/h4-6,9-13,16H,1-3,7-8H2,(H,24,26)(H,25,27)/b20-13+. The van der Waals surface area contributed by atoms with Crippen LogP contribution >= 0.6 is 23.4 Å². The number of hydrogen-bond donors (Lipinski definition) is 2. The first-order chi connectivity index (χ1) is 13.6. The van der Waals surface area contributed by atoms with Gasteiger partial charge in [0.25, 0.3) is 11.8 Å². The number of carbonyl (C=O) groups is 2. The number of anilines is 1. The zero-order valence-corrected chi connectivity index (χ0v) is 16.9. The number of hydrogen-bond acceptors (Lipinski definition) is 3. The molecule has 2 aliphatic rings. The van der Waals surface area contributed by atoms with Crippen molar-refractivity contribution in [1.82, 2.24) is 5.32 Å². The van der Waals surface area contributed by atoms with Crippen LogP contribution in [0.25, 0.3) is 6.08 Å². The molecule has 0 bridgehead atoms. The molecule has 1 aliphatic heterocycles. The van der Waals surface area contributed by atoms with Crippen molar-refractivity contribution in [2.24, 2.45) is 0 Å². The second-order valence-electron chi connectivity index (χ2n) is 7.11. The zero-order valence-electron chi connectivity index (χ0n) is 15.3. The molecule has 2 aromatic carbocycles. The highest BCUT2D eigenvalue weighted by atomic mass is 35.5. The number of carbonyl (C=O) groups excluding carboxylic acids is 2. The van der Waals surface area contributed by atoms with E-state index >= 15 is 0 Å². The molecule has 0 spiro atoms. The molecule has 1 aliphatic carbocycles. The third-order valence-corrected chi connectivity index (χ3v) is 6.51. The van der Waals surface area contributed by atoms with Gasteiger partial charge in [-0.15, -0.1) is 0 Å². The predicted octanol–water partition coefficient (Wildman–Crippen LogP) is 5.49. The highest BCUT2D eigenvalue weighted by molar-refractivity contribution is 8.04. The molecule has 0 saturated heterocycles. The van der Waals surface area contributed by atoms with Crippen LogP contribution in [-0.2, 0) is 4.79 Å². The third kappa shape index (κ3) is 4.26. The van der Waals surface area contributed by atoms with Crippen molar-refractivity contribution in [3.63, 3.8) is 0 Å².